The predicted octanol–water partition coefficient (Wildman–Crippen LogP) is 5.40. The van der Waals surface area contributed by atoms with Gasteiger partial charge in [-0.15, -0.1) is 0 Å². The van der Waals surface area contributed by atoms with Crippen molar-refractivity contribution in [1.29, 1.82) is 0 Å². The molecule has 0 fully saturated rings. The third-order valence-electron chi connectivity index (χ3n) is 2.69. The third-order valence-corrected chi connectivity index (χ3v) is 2.69. The first-order chi connectivity index (χ1) is 7.26. The molecule has 1 atom stereocenters. The van der Waals surface area contributed by atoms with Gasteiger partial charge in [-0.3, -0.25) is 0 Å². The molecule has 0 radical (unpaired) electrons. The van der Waals surface area contributed by atoms with Crippen LogP contribution in [0, 0.1) is 0 Å². The fourth-order valence-corrected chi connectivity index (χ4v) is 1.37. The highest BCUT2D eigenvalue weighted by Gasteiger charge is 1.98. The molecular weight excluding hydrogens is 180 g/mol. The van der Waals surface area contributed by atoms with Gasteiger partial charge in [0.25, 0.3) is 0 Å². The molecule has 0 nitrogen and oxygen atoms in total. The first-order valence-electron chi connectivity index (χ1n) is 6.31. The van der Waals surface area contributed by atoms with Crippen LogP contribution < -0.4 is 0 Å². The van der Waals surface area contributed by atoms with Crippen LogP contribution in [0.15, 0.2) is 30.3 Å². The smallest absolute Gasteiger partial charge is 0.0193 e. The molecule has 0 N–H and O–H groups in total. The highest BCUT2D eigenvalue weighted by atomic mass is 14.0. The topological polar surface area (TPSA) is 0 Å². The summed E-state index contributed by atoms with van der Waals surface area (Å²) < 4.78 is 0. The molecule has 0 spiro atoms. The quantitative estimate of drug-likeness (QED) is 0.619. The SMILES string of the molecule is CCC(C)c1ccccc1.CCCCC. The average molecular weight is 206 g/mol. The van der Waals surface area contributed by atoms with Crippen molar-refractivity contribution in [2.75, 3.05) is 0 Å². The first kappa shape index (κ1) is 14.2. The standard InChI is InChI=1S/C10H14.C5H12/c1-3-9(2)10-7-5-4-6-8-10;1-3-5-4-2/h4-9H,3H2,1-2H3;3-5H2,1-2H3. The van der Waals surface area contributed by atoms with E-state index in [1.165, 1.54) is 31.2 Å². The zero-order valence-electron chi connectivity index (χ0n) is 10.8. The zero-order valence-corrected chi connectivity index (χ0v) is 10.8. The molecule has 0 aliphatic carbocycles. The maximum absolute atomic E-state index is 2.26. The number of unbranched alkanes of at least 4 members (excludes halogenated alkanes) is 2. The molecule has 1 rings (SSSR count). The predicted molar refractivity (Wildman–Crippen MR) is 70.3 cm³/mol. The zero-order chi connectivity index (χ0) is 11.5. The minimum absolute atomic E-state index is 0.709. The van der Waals surface area contributed by atoms with Crippen LogP contribution in [0.25, 0.3) is 0 Å². The second kappa shape index (κ2) is 9.76. The molecule has 0 aromatic heterocycles. The van der Waals surface area contributed by atoms with E-state index in [1.54, 1.807) is 0 Å². The summed E-state index contributed by atoms with van der Waals surface area (Å²) in [4.78, 5) is 0. The van der Waals surface area contributed by atoms with E-state index in [-0.39, 0.29) is 0 Å². The van der Waals surface area contributed by atoms with E-state index >= 15 is 0 Å². The normalized spacial score (nSPS) is 11.5. The molecule has 15 heavy (non-hydrogen) atoms. The van der Waals surface area contributed by atoms with Crippen molar-refractivity contribution in [3.05, 3.63) is 35.9 Å². The Hall–Kier alpha value is -0.780. The second-order valence-electron chi connectivity index (χ2n) is 4.07. The van der Waals surface area contributed by atoms with Gasteiger partial charge in [-0.05, 0) is 17.9 Å². The molecule has 1 aromatic carbocycles. The van der Waals surface area contributed by atoms with Crippen LogP contribution in [0.2, 0.25) is 0 Å². The molecule has 0 aliphatic heterocycles. The Bertz CT molecular complexity index is 211. The summed E-state index contributed by atoms with van der Waals surface area (Å²) in [6.45, 7) is 8.90. The minimum Gasteiger partial charge on any atom is -0.0654 e. The van der Waals surface area contributed by atoms with Crippen LogP contribution >= 0.6 is 0 Å². The summed E-state index contributed by atoms with van der Waals surface area (Å²) in [7, 11) is 0. The fourth-order valence-electron chi connectivity index (χ4n) is 1.37. The molecule has 0 heterocycles. The molecular formula is C15H26. The highest BCUT2D eigenvalue weighted by molar-refractivity contribution is 5.18. The van der Waals surface area contributed by atoms with Crippen LogP contribution in [0.4, 0.5) is 0 Å². The monoisotopic (exact) mass is 206 g/mol. The van der Waals surface area contributed by atoms with E-state index in [9.17, 15) is 0 Å². The van der Waals surface area contributed by atoms with Gasteiger partial charge in [-0.1, -0.05) is 77.3 Å². The summed E-state index contributed by atoms with van der Waals surface area (Å²) in [5.74, 6) is 0.709. The van der Waals surface area contributed by atoms with Crippen molar-refractivity contribution in [3.8, 4) is 0 Å². The van der Waals surface area contributed by atoms with Gasteiger partial charge < -0.3 is 0 Å². The van der Waals surface area contributed by atoms with Crippen LogP contribution in [0.1, 0.15) is 64.9 Å². The molecule has 1 unspecified atom stereocenters. The first-order valence-corrected chi connectivity index (χ1v) is 6.31. The van der Waals surface area contributed by atoms with Crippen LogP contribution in [-0.2, 0) is 0 Å². The van der Waals surface area contributed by atoms with Gasteiger partial charge in [-0.25, -0.2) is 0 Å². The third kappa shape index (κ3) is 7.18. The second-order valence-corrected chi connectivity index (χ2v) is 4.07. The van der Waals surface area contributed by atoms with E-state index in [2.05, 4.69) is 58.0 Å². The molecule has 0 amide bonds. The molecule has 86 valence electrons. The van der Waals surface area contributed by atoms with Gasteiger partial charge in [0, 0.05) is 0 Å². The van der Waals surface area contributed by atoms with Crippen molar-refractivity contribution < 1.29 is 0 Å². The largest absolute Gasteiger partial charge is 0.0654 e. The molecule has 0 bridgehead atoms. The van der Waals surface area contributed by atoms with Crippen molar-refractivity contribution in [3.63, 3.8) is 0 Å². The summed E-state index contributed by atoms with van der Waals surface area (Å²) in [5, 5.41) is 0. The summed E-state index contributed by atoms with van der Waals surface area (Å²) in [6.07, 6.45) is 5.30. The van der Waals surface area contributed by atoms with E-state index in [0.29, 0.717) is 5.92 Å². The van der Waals surface area contributed by atoms with Crippen LogP contribution in [0.5, 0.6) is 0 Å². The lowest BCUT2D eigenvalue weighted by atomic mass is 9.99. The maximum atomic E-state index is 2.26. The summed E-state index contributed by atoms with van der Waals surface area (Å²) in [6, 6.07) is 10.6. The number of hydrogen-bond donors (Lipinski definition) is 0. The average Bonchev–Trinajstić information content (AvgIpc) is 2.31. The van der Waals surface area contributed by atoms with Crippen molar-refractivity contribution in [2.45, 2.75) is 59.3 Å². The van der Waals surface area contributed by atoms with E-state index in [4.69, 9.17) is 0 Å². The van der Waals surface area contributed by atoms with E-state index < -0.39 is 0 Å². The van der Waals surface area contributed by atoms with E-state index in [0.717, 1.165) is 0 Å². The number of benzene rings is 1. The van der Waals surface area contributed by atoms with Crippen molar-refractivity contribution >= 4 is 0 Å². The van der Waals surface area contributed by atoms with Gasteiger partial charge in [0.15, 0.2) is 0 Å². The van der Waals surface area contributed by atoms with Gasteiger partial charge in [0.05, 0.1) is 0 Å². The summed E-state index contributed by atoms with van der Waals surface area (Å²) in [5.41, 5.74) is 1.45. The lowest BCUT2D eigenvalue weighted by Gasteiger charge is -2.06. The molecule has 0 heteroatoms. The Kier molecular flexibility index (Phi) is 9.26. The van der Waals surface area contributed by atoms with Gasteiger partial charge in [0.2, 0.25) is 0 Å². The maximum Gasteiger partial charge on any atom is -0.0193 e. The Morgan fingerprint density at radius 1 is 0.933 bits per heavy atom. The highest BCUT2D eigenvalue weighted by Crippen LogP contribution is 2.16. The van der Waals surface area contributed by atoms with Crippen LogP contribution in [-0.4, -0.2) is 0 Å². The number of hydrogen-bond acceptors (Lipinski definition) is 0. The van der Waals surface area contributed by atoms with Crippen LogP contribution in [0.3, 0.4) is 0 Å². The Balaban J connectivity index is 0.000000336. The van der Waals surface area contributed by atoms with Gasteiger partial charge >= 0.3 is 0 Å². The summed E-state index contributed by atoms with van der Waals surface area (Å²) >= 11 is 0. The van der Waals surface area contributed by atoms with Crippen molar-refractivity contribution in [2.24, 2.45) is 0 Å². The number of rotatable bonds is 4. The Morgan fingerprint density at radius 3 is 1.80 bits per heavy atom. The van der Waals surface area contributed by atoms with Gasteiger partial charge in [-0.2, -0.15) is 0 Å². The fraction of sp³-hybridized carbons (Fsp3) is 0.600. The van der Waals surface area contributed by atoms with E-state index in [1.807, 2.05) is 0 Å². The molecule has 0 saturated heterocycles. The van der Waals surface area contributed by atoms with Gasteiger partial charge in [0.1, 0.15) is 0 Å². The minimum atomic E-state index is 0.709. The molecule has 0 aliphatic rings. The Labute approximate surface area is 95.7 Å². The van der Waals surface area contributed by atoms with Crippen molar-refractivity contribution in [1.82, 2.24) is 0 Å². The molecule has 1 aromatic rings. The molecule has 0 saturated carbocycles. The lowest BCUT2D eigenvalue weighted by molar-refractivity contribution is 0.733. The Morgan fingerprint density at radius 2 is 1.47 bits per heavy atom. The lowest BCUT2D eigenvalue weighted by Crippen LogP contribution is -1.88.